The van der Waals surface area contributed by atoms with Gasteiger partial charge in [0.15, 0.2) is 9.84 Å². The highest BCUT2D eigenvalue weighted by Crippen LogP contribution is 2.25. The maximum absolute atomic E-state index is 11.8. The summed E-state index contributed by atoms with van der Waals surface area (Å²) < 4.78 is 23.6. The fourth-order valence-electron chi connectivity index (χ4n) is 3.21. The third kappa shape index (κ3) is 3.84. The normalized spacial score (nSPS) is 20.4. The highest BCUT2D eigenvalue weighted by Gasteiger charge is 2.32. The molecule has 1 aliphatic rings. The average Bonchev–Trinajstić information content (AvgIpc) is 2.87. The number of benzene rings is 1. The molecule has 1 fully saturated rings. The van der Waals surface area contributed by atoms with E-state index in [2.05, 4.69) is 22.9 Å². The molecule has 1 aliphatic heterocycles. The summed E-state index contributed by atoms with van der Waals surface area (Å²) in [6.45, 7) is 3.62. The lowest BCUT2D eigenvalue weighted by Crippen LogP contribution is -2.36. The van der Waals surface area contributed by atoms with Crippen LogP contribution in [0.2, 0.25) is 5.15 Å². The first-order valence-electron chi connectivity index (χ1n) is 7.97. The molecule has 0 saturated carbocycles. The molecular weight excluding hydrogens is 332 g/mol. The second kappa shape index (κ2) is 6.75. The molecule has 124 valence electrons. The molecule has 0 bridgehead atoms. The summed E-state index contributed by atoms with van der Waals surface area (Å²) in [7, 11) is -2.89. The topological polar surface area (TPSA) is 50.3 Å². The number of pyridine rings is 1. The Hall–Kier alpha value is -1.17. The van der Waals surface area contributed by atoms with E-state index in [9.17, 15) is 8.42 Å². The van der Waals surface area contributed by atoms with Crippen molar-refractivity contribution < 1.29 is 8.42 Å². The van der Waals surface area contributed by atoms with Crippen molar-refractivity contribution in [2.45, 2.75) is 32.4 Å². The lowest BCUT2D eigenvalue weighted by Gasteiger charge is -2.28. The fraction of sp³-hybridized carbons (Fsp3) is 0.471. The van der Waals surface area contributed by atoms with Gasteiger partial charge < -0.3 is 0 Å². The zero-order valence-electron chi connectivity index (χ0n) is 13.2. The number of para-hydroxylation sites is 1. The van der Waals surface area contributed by atoms with Crippen LogP contribution in [-0.2, 0) is 16.4 Å². The molecular formula is C17H21ClN2O2S. The molecule has 1 saturated heterocycles. The highest BCUT2D eigenvalue weighted by molar-refractivity contribution is 7.91. The third-order valence-electron chi connectivity index (χ3n) is 4.36. The van der Waals surface area contributed by atoms with Gasteiger partial charge in [0.1, 0.15) is 5.15 Å². The highest BCUT2D eigenvalue weighted by atomic mass is 35.5. The van der Waals surface area contributed by atoms with Crippen molar-refractivity contribution in [1.82, 2.24) is 9.88 Å². The van der Waals surface area contributed by atoms with E-state index in [1.54, 1.807) is 0 Å². The van der Waals surface area contributed by atoms with Crippen molar-refractivity contribution in [2.24, 2.45) is 0 Å². The molecule has 0 radical (unpaired) electrons. The van der Waals surface area contributed by atoms with Crippen LogP contribution in [0.15, 0.2) is 30.3 Å². The Labute approximate surface area is 142 Å². The minimum Gasteiger partial charge on any atom is -0.295 e. The van der Waals surface area contributed by atoms with Crippen LogP contribution in [0.25, 0.3) is 10.9 Å². The maximum Gasteiger partial charge on any atom is 0.151 e. The number of sulfone groups is 1. The van der Waals surface area contributed by atoms with Gasteiger partial charge in [-0.25, -0.2) is 13.4 Å². The minimum atomic E-state index is -2.89. The first-order chi connectivity index (χ1) is 11.0. The third-order valence-corrected chi connectivity index (χ3v) is 6.44. The smallest absolute Gasteiger partial charge is 0.151 e. The van der Waals surface area contributed by atoms with Crippen molar-refractivity contribution in [3.63, 3.8) is 0 Å². The molecule has 2 aromatic rings. The minimum absolute atomic E-state index is 0.0856. The second-order valence-corrected chi connectivity index (χ2v) is 8.75. The maximum atomic E-state index is 11.8. The van der Waals surface area contributed by atoms with E-state index in [-0.39, 0.29) is 11.8 Å². The Kier molecular flexibility index (Phi) is 4.90. The largest absolute Gasteiger partial charge is 0.295 e. The van der Waals surface area contributed by atoms with E-state index in [0.717, 1.165) is 29.4 Å². The van der Waals surface area contributed by atoms with Crippen molar-refractivity contribution >= 4 is 32.3 Å². The van der Waals surface area contributed by atoms with Crippen LogP contribution < -0.4 is 0 Å². The Balaban J connectivity index is 1.86. The molecule has 0 N–H and O–H groups in total. The molecule has 23 heavy (non-hydrogen) atoms. The van der Waals surface area contributed by atoms with Gasteiger partial charge in [-0.2, -0.15) is 0 Å². The number of hydrogen-bond donors (Lipinski definition) is 0. The second-order valence-electron chi connectivity index (χ2n) is 6.16. The van der Waals surface area contributed by atoms with Gasteiger partial charge in [0.25, 0.3) is 0 Å². The number of hydrogen-bond acceptors (Lipinski definition) is 4. The van der Waals surface area contributed by atoms with Crippen LogP contribution in [0.4, 0.5) is 0 Å². The van der Waals surface area contributed by atoms with Crippen molar-refractivity contribution in [1.29, 1.82) is 0 Å². The average molecular weight is 353 g/mol. The van der Waals surface area contributed by atoms with E-state index < -0.39 is 9.84 Å². The first kappa shape index (κ1) is 16.7. The van der Waals surface area contributed by atoms with Crippen LogP contribution in [0.5, 0.6) is 0 Å². The van der Waals surface area contributed by atoms with Crippen LogP contribution in [0, 0.1) is 0 Å². The summed E-state index contributed by atoms with van der Waals surface area (Å²) in [5, 5.41) is 1.56. The molecule has 2 heterocycles. The summed E-state index contributed by atoms with van der Waals surface area (Å²) in [6.07, 6.45) is 1.69. The van der Waals surface area contributed by atoms with Crippen molar-refractivity contribution in [3.05, 3.63) is 41.0 Å². The Morgan fingerprint density at radius 3 is 2.83 bits per heavy atom. The van der Waals surface area contributed by atoms with Crippen molar-refractivity contribution in [3.8, 4) is 0 Å². The molecule has 1 atom stereocenters. The summed E-state index contributed by atoms with van der Waals surface area (Å²) in [4.78, 5) is 6.70. The molecule has 4 nitrogen and oxygen atoms in total. The first-order valence-corrected chi connectivity index (χ1v) is 10.2. The van der Waals surface area contributed by atoms with Gasteiger partial charge in [-0.15, -0.1) is 0 Å². The van der Waals surface area contributed by atoms with Gasteiger partial charge in [-0.1, -0.05) is 36.7 Å². The van der Waals surface area contributed by atoms with E-state index in [1.165, 1.54) is 0 Å². The Morgan fingerprint density at radius 2 is 2.13 bits per heavy atom. The monoisotopic (exact) mass is 352 g/mol. The molecule has 1 aromatic carbocycles. The van der Waals surface area contributed by atoms with Gasteiger partial charge >= 0.3 is 0 Å². The number of halogens is 1. The van der Waals surface area contributed by atoms with Crippen LogP contribution in [0.1, 0.15) is 25.3 Å². The number of aromatic nitrogens is 1. The predicted molar refractivity (Wildman–Crippen MR) is 94.5 cm³/mol. The summed E-state index contributed by atoms with van der Waals surface area (Å²) in [5.41, 5.74) is 1.84. The Morgan fingerprint density at radius 1 is 1.35 bits per heavy atom. The van der Waals surface area contributed by atoms with Gasteiger partial charge in [0.05, 0.1) is 17.0 Å². The molecule has 0 spiro atoms. The fourth-order valence-corrected chi connectivity index (χ4v) is 5.17. The zero-order chi connectivity index (χ0) is 16.4. The van der Waals surface area contributed by atoms with E-state index in [1.807, 2.05) is 24.3 Å². The lowest BCUT2D eigenvalue weighted by atomic mass is 10.1. The quantitative estimate of drug-likeness (QED) is 0.775. The number of nitrogens with zero attached hydrogens (tertiary/aromatic N) is 2. The van der Waals surface area contributed by atoms with Crippen LogP contribution >= 0.6 is 11.6 Å². The molecule has 6 heteroatoms. The molecule has 1 aromatic heterocycles. The SMILES string of the molecule is CCCN(Cc1cc2ccccc2nc1Cl)C1CCS(=O)(=O)C1. The summed E-state index contributed by atoms with van der Waals surface area (Å²) in [5.74, 6) is 0.549. The lowest BCUT2D eigenvalue weighted by molar-refractivity contribution is 0.204. The van der Waals surface area contributed by atoms with E-state index in [0.29, 0.717) is 23.9 Å². The van der Waals surface area contributed by atoms with Gasteiger partial charge in [-0.3, -0.25) is 4.90 Å². The Bertz CT molecular complexity index is 807. The number of fused-ring (bicyclic) bond motifs is 1. The zero-order valence-corrected chi connectivity index (χ0v) is 14.8. The van der Waals surface area contributed by atoms with E-state index in [4.69, 9.17) is 11.6 Å². The van der Waals surface area contributed by atoms with Gasteiger partial charge in [0, 0.05) is 23.5 Å². The van der Waals surface area contributed by atoms with Crippen LogP contribution in [-0.4, -0.2) is 42.4 Å². The van der Waals surface area contributed by atoms with E-state index >= 15 is 0 Å². The summed E-state index contributed by atoms with van der Waals surface area (Å²) in [6, 6.07) is 10.0. The standard InChI is InChI=1S/C17H21ClN2O2S/c1-2-8-20(15-7-9-23(21,22)12-15)11-14-10-13-5-3-4-6-16(13)19-17(14)18/h3-6,10,15H,2,7-9,11-12H2,1H3. The van der Waals surface area contributed by atoms with Gasteiger partial charge in [0.2, 0.25) is 0 Å². The number of rotatable bonds is 5. The molecule has 3 rings (SSSR count). The van der Waals surface area contributed by atoms with Gasteiger partial charge in [-0.05, 0) is 31.5 Å². The molecule has 1 unspecified atom stereocenters. The molecule has 0 aliphatic carbocycles. The predicted octanol–water partition coefficient (Wildman–Crippen LogP) is 3.29. The molecule has 0 amide bonds. The summed E-state index contributed by atoms with van der Waals surface area (Å²) >= 11 is 6.35. The van der Waals surface area contributed by atoms with Crippen molar-refractivity contribution in [2.75, 3.05) is 18.1 Å². The van der Waals surface area contributed by atoms with Crippen LogP contribution in [0.3, 0.4) is 0 Å².